The third kappa shape index (κ3) is 4.32. The highest BCUT2D eigenvalue weighted by molar-refractivity contribution is 7.80. The number of piperazine rings is 1. The number of nitrogens with one attached hydrogen (secondary N) is 1. The van der Waals surface area contributed by atoms with Crippen molar-refractivity contribution in [3.05, 3.63) is 16.3 Å². The molecule has 1 aromatic rings. The quantitative estimate of drug-likeness (QED) is 0.655. The summed E-state index contributed by atoms with van der Waals surface area (Å²) in [5.74, 6) is -0.391. The van der Waals surface area contributed by atoms with Gasteiger partial charge in [0.2, 0.25) is 0 Å². The number of nitrogens with zero attached hydrogens (tertiary/aromatic N) is 2. The molecule has 2 heterocycles. The summed E-state index contributed by atoms with van der Waals surface area (Å²) in [6.07, 6.45) is -0.295. The lowest BCUT2D eigenvalue weighted by molar-refractivity contribution is 0.0607. The molecule has 1 aromatic heterocycles. The van der Waals surface area contributed by atoms with Gasteiger partial charge in [-0.1, -0.05) is 0 Å². The van der Waals surface area contributed by atoms with Gasteiger partial charge in [0.05, 0.1) is 19.4 Å². The van der Waals surface area contributed by atoms with Crippen LogP contribution in [0, 0.1) is 0 Å². The van der Waals surface area contributed by atoms with Gasteiger partial charge in [0.25, 0.3) is 0 Å². The fourth-order valence-corrected chi connectivity index (χ4v) is 3.22. The number of carbonyl (C=O) groups excluding carboxylic acids is 2. The van der Waals surface area contributed by atoms with Crippen LogP contribution in [0.3, 0.4) is 0 Å². The van der Waals surface area contributed by atoms with Gasteiger partial charge in [-0.15, -0.1) is 11.3 Å². The topological polar surface area (TPSA) is 71.1 Å². The summed E-state index contributed by atoms with van der Waals surface area (Å²) < 4.78 is 9.73. The fourth-order valence-electron chi connectivity index (χ4n) is 2.16. The number of hydrogen-bond acceptors (Lipinski definition) is 6. The van der Waals surface area contributed by atoms with Gasteiger partial charge < -0.3 is 24.6 Å². The number of methoxy groups -OCH3 is 1. The second-order valence-corrected chi connectivity index (χ2v) is 6.06. The Kier molecular flexibility index (Phi) is 6.17. The first kappa shape index (κ1) is 17.5. The monoisotopic (exact) mass is 357 g/mol. The van der Waals surface area contributed by atoms with E-state index in [4.69, 9.17) is 21.7 Å². The lowest BCUT2D eigenvalue weighted by atomic mass is 10.3. The van der Waals surface area contributed by atoms with Crippen molar-refractivity contribution in [2.45, 2.75) is 6.92 Å². The molecule has 1 fully saturated rings. The van der Waals surface area contributed by atoms with Gasteiger partial charge in [0.15, 0.2) is 5.11 Å². The number of amides is 1. The minimum absolute atomic E-state index is 0.295. The summed E-state index contributed by atoms with van der Waals surface area (Å²) in [5, 5.41) is 5.40. The van der Waals surface area contributed by atoms with Crippen LogP contribution in [0.5, 0.6) is 0 Å². The Hall–Kier alpha value is -1.87. The first-order chi connectivity index (χ1) is 11.1. The SMILES string of the molecule is CCOC(=O)N1CCN(C(=S)Nc2ccsc2C(=O)OC)CC1. The van der Waals surface area contributed by atoms with Crippen molar-refractivity contribution in [2.24, 2.45) is 0 Å². The summed E-state index contributed by atoms with van der Waals surface area (Å²) >= 11 is 6.69. The second-order valence-electron chi connectivity index (χ2n) is 4.76. The van der Waals surface area contributed by atoms with Crippen molar-refractivity contribution < 1.29 is 19.1 Å². The summed E-state index contributed by atoms with van der Waals surface area (Å²) in [6.45, 7) is 4.48. The molecule has 7 nitrogen and oxygen atoms in total. The van der Waals surface area contributed by atoms with Crippen LogP contribution < -0.4 is 5.32 Å². The standard InChI is InChI=1S/C14H19N3O4S2/c1-3-21-14(19)17-7-5-16(6-8-17)13(22)15-10-4-9-23-11(10)12(18)20-2/h4,9H,3,5-8H2,1-2H3,(H,15,22). The number of rotatable bonds is 3. The van der Waals surface area contributed by atoms with E-state index in [1.165, 1.54) is 18.4 Å². The lowest BCUT2D eigenvalue weighted by Gasteiger charge is -2.35. The molecule has 1 aliphatic rings. The van der Waals surface area contributed by atoms with Gasteiger partial charge in [-0.25, -0.2) is 9.59 Å². The second kappa shape index (κ2) is 8.11. The molecule has 9 heteroatoms. The van der Waals surface area contributed by atoms with Gasteiger partial charge in [0, 0.05) is 26.2 Å². The number of thiocarbonyl (C=S) groups is 1. The molecule has 2 rings (SSSR count). The Bertz CT molecular complexity index is 582. The van der Waals surface area contributed by atoms with Gasteiger partial charge in [-0.05, 0) is 30.6 Å². The van der Waals surface area contributed by atoms with Crippen molar-refractivity contribution in [3.8, 4) is 0 Å². The van der Waals surface area contributed by atoms with Gasteiger partial charge in [-0.2, -0.15) is 0 Å². The average molecular weight is 357 g/mol. The number of hydrogen-bond donors (Lipinski definition) is 1. The number of ether oxygens (including phenoxy) is 2. The van der Waals surface area contributed by atoms with Crippen molar-refractivity contribution in [1.82, 2.24) is 9.80 Å². The molecule has 0 radical (unpaired) electrons. The van der Waals surface area contributed by atoms with Gasteiger partial charge >= 0.3 is 12.1 Å². The van der Waals surface area contributed by atoms with E-state index in [-0.39, 0.29) is 6.09 Å². The predicted octanol–water partition coefficient (Wildman–Crippen LogP) is 2.01. The molecule has 1 amide bonds. The molecule has 0 bridgehead atoms. The molecule has 0 spiro atoms. The van der Waals surface area contributed by atoms with Crippen molar-refractivity contribution in [1.29, 1.82) is 0 Å². The van der Waals surface area contributed by atoms with E-state index in [0.717, 1.165) is 0 Å². The molecule has 0 saturated carbocycles. The molecule has 1 saturated heterocycles. The van der Waals surface area contributed by atoms with Crippen molar-refractivity contribution >= 4 is 46.4 Å². The van der Waals surface area contributed by atoms with E-state index < -0.39 is 5.97 Å². The molecule has 23 heavy (non-hydrogen) atoms. The van der Waals surface area contributed by atoms with Crippen LogP contribution in [0.25, 0.3) is 0 Å². The Morgan fingerprint density at radius 2 is 1.96 bits per heavy atom. The third-order valence-electron chi connectivity index (χ3n) is 3.37. The largest absolute Gasteiger partial charge is 0.465 e. The van der Waals surface area contributed by atoms with E-state index >= 15 is 0 Å². The normalized spacial score (nSPS) is 14.3. The maximum absolute atomic E-state index is 11.7. The minimum atomic E-state index is -0.391. The fraction of sp³-hybridized carbons (Fsp3) is 0.500. The first-order valence-corrected chi connectivity index (χ1v) is 8.49. The smallest absolute Gasteiger partial charge is 0.409 e. The van der Waals surface area contributed by atoms with E-state index in [1.807, 2.05) is 4.90 Å². The Morgan fingerprint density at radius 3 is 2.57 bits per heavy atom. The molecule has 0 atom stereocenters. The maximum Gasteiger partial charge on any atom is 0.409 e. The molecule has 1 aliphatic heterocycles. The molecule has 1 N–H and O–H groups in total. The maximum atomic E-state index is 11.7. The zero-order valence-electron chi connectivity index (χ0n) is 13.0. The van der Waals surface area contributed by atoms with Crippen LogP contribution in [0.4, 0.5) is 10.5 Å². The highest BCUT2D eigenvalue weighted by Crippen LogP contribution is 2.23. The Morgan fingerprint density at radius 1 is 1.30 bits per heavy atom. The molecule has 0 unspecified atom stereocenters. The van der Waals surface area contributed by atoms with Crippen LogP contribution in [0.15, 0.2) is 11.4 Å². The third-order valence-corrected chi connectivity index (χ3v) is 4.63. The van der Waals surface area contributed by atoms with E-state index in [2.05, 4.69) is 5.32 Å². The van der Waals surface area contributed by atoms with Crippen LogP contribution in [-0.4, -0.2) is 66.9 Å². The Balaban J connectivity index is 1.90. The van der Waals surface area contributed by atoms with Crippen LogP contribution in [0.2, 0.25) is 0 Å². The first-order valence-electron chi connectivity index (χ1n) is 7.20. The molecule has 0 aliphatic carbocycles. The zero-order valence-corrected chi connectivity index (χ0v) is 14.7. The summed E-state index contributed by atoms with van der Waals surface area (Å²) in [7, 11) is 1.35. The van der Waals surface area contributed by atoms with E-state index in [1.54, 1.807) is 23.3 Å². The minimum Gasteiger partial charge on any atom is -0.465 e. The molecular formula is C14H19N3O4S2. The highest BCUT2D eigenvalue weighted by Gasteiger charge is 2.24. The van der Waals surface area contributed by atoms with E-state index in [9.17, 15) is 9.59 Å². The zero-order chi connectivity index (χ0) is 16.8. The van der Waals surface area contributed by atoms with Crippen LogP contribution >= 0.6 is 23.6 Å². The van der Waals surface area contributed by atoms with Crippen molar-refractivity contribution in [2.75, 3.05) is 45.2 Å². The Labute approximate surface area is 144 Å². The summed E-state index contributed by atoms with van der Waals surface area (Å²) in [5.41, 5.74) is 0.639. The van der Waals surface area contributed by atoms with Crippen molar-refractivity contribution in [3.63, 3.8) is 0 Å². The summed E-state index contributed by atoms with van der Waals surface area (Å²) in [4.78, 5) is 27.4. The number of thiophene rings is 1. The van der Waals surface area contributed by atoms with E-state index in [0.29, 0.717) is 48.5 Å². The van der Waals surface area contributed by atoms with Gasteiger partial charge in [0.1, 0.15) is 4.88 Å². The molecule has 126 valence electrons. The number of esters is 1. The molecule has 0 aromatic carbocycles. The predicted molar refractivity (Wildman–Crippen MR) is 92.0 cm³/mol. The lowest BCUT2D eigenvalue weighted by Crippen LogP contribution is -2.51. The van der Waals surface area contributed by atoms with Crippen LogP contribution in [-0.2, 0) is 9.47 Å². The number of anilines is 1. The average Bonchev–Trinajstić information content (AvgIpc) is 3.02. The summed E-state index contributed by atoms with van der Waals surface area (Å²) in [6, 6.07) is 1.79. The van der Waals surface area contributed by atoms with Crippen LogP contribution in [0.1, 0.15) is 16.6 Å². The molecular weight excluding hydrogens is 338 g/mol. The van der Waals surface area contributed by atoms with Gasteiger partial charge in [-0.3, -0.25) is 0 Å². The highest BCUT2D eigenvalue weighted by atomic mass is 32.1. The number of carbonyl (C=O) groups is 2.